The van der Waals surface area contributed by atoms with Gasteiger partial charge in [-0.1, -0.05) is 11.6 Å². The summed E-state index contributed by atoms with van der Waals surface area (Å²) >= 11 is 6.33. The Hall–Kier alpha value is -5.04. The third kappa shape index (κ3) is 4.87. The highest BCUT2D eigenvalue weighted by molar-refractivity contribution is 6.31. The minimum Gasteiger partial charge on any atom is -0.366 e. The minimum absolute atomic E-state index is 0.00722. The largest absolute Gasteiger partial charge is 0.416 e. The van der Waals surface area contributed by atoms with Crippen LogP contribution in [0.5, 0.6) is 0 Å². The van der Waals surface area contributed by atoms with Crippen molar-refractivity contribution in [3.63, 3.8) is 0 Å². The third-order valence-corrected chi connectivity index (χ3v) is 7.02. The molecule has 212 valence electrons. The Bertz CT molecular complexity index is 1940. The van der Waals surface area contributed by atoms with Crippen molar-refractivity contribution in [1.82, 2.24) is 19.9 Å². The van der Waals surface area contributed by atoms with E-state index >= 15 is 0 Å². The van der Waals surface area contributed by atoms with Crippen LogP contribution in [0.15, 0.2) is 66.9 Å². The molecule has 5 aromatic rings. The Morgan fingerprint density at radius 2 is 1.79 bits per heavy atom. The number of alkyl halides is 3. The van der Waals surface area contributed by atoms with Crippen molar-refractivity contribution in [2.45, 2.75) is 12.2 Å². The van der Waals surface area contributed by atoms with Crippen molar-refractivity contribution in [3.8, 4) is 11.1 Å². The number of hydrogen-bond acceptors (Lipinski definition) is 5. The number of amides is 2. The van der Waals surface area contributed by atoms with Crippen molar-refractivity contribution >= 4 is 40.7 Å². The summed E-state index contributed by atoms with van der Waals surface area (Å²) in [5.74, 6) is -3.54. The number of halogens is 6. The van der Waals surface area contributed by atoms with Crippen LogP contribution in [0, 0.1) is 11.6 Å². The van der Waals surface area contributed by atoms with Gasteiger partial charge in [0.2, 0.25) is 5.95 Å². The highest BCUT2D eigenvalue weighted by atomic mass is 35.5. The number of aromatic nitrogens is 3. The fraction of sp³-hybridized carbons (Fsp3) is 0.0714. The molecule has 0 aliphatic carbocycles. The molecule has 3 heterocycles. The van der Waals surface area contributed by atoms with Gasteiger partial charge in [-0.15, -0.1) is 5.10 Å². The molecular formula is C28H16ClF5N6O2. The van der Waals surface area contributed by atoms with Gasteiger partial charge in [-0.2, -0.15) is 18.2 Å². The standard InChI is InChI=1S/C28H16ClF5N6O2/c29-20-3-2-16(30)10-18(20)24-23-19(26(42)38-24)7-13(12-1-4-22-37-27(35)39-40(22)11-12)8-21(23)36-25(41)14-5-15(28(32,33)34)9-17(31)6-14/h1-11,24H,(H2,35,39)(H,36,41)(H,38,42). The molecule has 8 nitrogen and oxygen atoms in total. The third-order valence-electron chi connectivity index (χ3n) is 6.67. The molecule has 1 aliphatic rings. The van der Waals surface area contributed by atoms with E-state index in [0.717, 1.165) is 12.1 Å². The maximum atomic E-state index is 14.2. The lowest BCUT2D eigenvalue weighted by Crippen LogP contribution is -2.21. The molecule has 3 aromatic carbocycles. The van der Waals surface area contributed by atoms with E-state index in [1.165, 1.54) is 22.7 Å². The van der Waals surface area contributed by atoms with Gasteiger partial charge >= 0.3 is 6.18 Å². The highest BCUT2D eigenvalue weighted by Crippen LogP contribution is 2.42. The quantitative estimate of drug-likeness (QED) is 0.219. The summed E-state index contributed by atoms with van der Waals surface area (Å²) < 4.78 is 69.7. The molecule has 4 N–H and O–H groups in total. The molecule has 1 aliphatic heterocycles. The smallest absolute Gasteiger partial charge is 0.366 e. The summed E-state index contributed by atoms with van der Waals surface area (Å²) in [4.78, 5) is 30.5. The van der Waals surface area contributed by atoms with Crippen LogP contribution >= 0.6 is 11.6 Å². The molecule has 14 heteroatoms. The van der Waals surface area contributed by atoms with Crippen molar-refractivity contribution in [2.24, 2.45) is 0 Å². The molecule has 2 amide bonds. The molecule has 0 saturated heterocycles. The Morgan fingerprint density at radius 3 is 2.55 bits per heavy atom. The van der Waals surface area contributed by atoms with E-state index in [1.54, 1.807) is 18.3 Å². The zero-order chi connectivity index (χ0) is 29.9. The summed E-state index contributed by atoms with van der Waals surface area (Å²) in [5, 5.41) is 9.40. The van der Waals surface area contributed by atoms with E-state index in [0.29, 0.717) is 28.9 Å². The second kappa shape index (κ2) is 9.80. The molecule has 0 spiro atoms. The van der Waals surface area contributed by atoms with Gasteiger partial charge in [0.15, 0.2) is 5.65 Å². The first-order valence-electron chi connectivity index (χ1n) is 12.1. The molecule has 1 unspecified atom stereocenters. The van der Waals surface area contributed by atoms with E-state index in [1.807, 2.05) is 0 Å². The number of anilines is 2. The summed E-state index contributed by atoms with van der Waals surface area (Å²) in [7, 11) is 0. The Kier molecular flexibility index (Phi) is 6.34. The molecule has 2 aromatic heterocycles. The number of carbonyl (C=O) groups excluding carboxylic acids is 2. The topological polar surface area (TPSA) is 114 Å². The second-order valence-electron chi connectivity index (χ2n) is 9.43. The summed E-state index contributed by atoms with van der Waals surface area (Å²) in [6.07, 6.45) is -3.33. The zero-order valence-corrected chi connectivity index (χ0v) is 21.7. The van der Waals surface area contributed by atoms with Gasteiger partial charge in [0.25, 0.3) is 11.8 Å². The van der Waals surface area contributed by atoms with Crippen LogP contribution in [0.2, 0.25) is 5.02 Å². The summed E-state index contributed by atoms with van der Waals surface area (Å²) in [6, 6.07) is 10.2. The fourth-order valence-electron chi connectivity index (χ4n) is 4.82. The van der Waals surface area contributed by atoms with Crippen LogP contribution in [0.25, 0.3) is 16.8 Å². The van der Waals surface area contributed by atoms with E-state index in [2.05, 4.69) is 20.7 Å². The van der Waals surface area contributed by atoms with Crippen molar-refractivity contribution in [2.75, 3.05) is 11.1 Å². The molecule has 0 saturated carbocycles. The van der Waals surface area contributed by atoms with E-state index < -0.39 is 46.8 Å². The second-order valence-corrected chi connectivity index (χ2v) is 9.84. The molecule has 0 fully saturated rings. The normalized spacial score (nSPS) is 14.6. The first kappa shape index (κ1) is 27.1. The molecular weight excluding hydrogens is 583 g/mol. The maximum absolute atomic E-state index is 14.2. The molecule has 0 radical (unpaired) electrons. The maximum Gasteiger partial charge on any atom is 0.416 e. The predicted molar refractivity (Wildman–Crippen MR) is 143 cm³/mol. The van der Waals surface area contributed by atoms with E-state index in [9.17, 15) is 31.5 Å². The fourth-order valence-corrected chi connectivity index (χ4v) is 5.05. The van der Waals surface area contributed by atoms with Gasteiger partial charge in [0, 0.05) is 44.7 Å². The van der Waals surface area contributed by atoms with Gasteiger partial charge in [-0.05, 0) is 66.2 Å². The first-order chi connectivity index (χ1) is 19.9. The van der Waals surface area contributed by atoms with Crippen LogP contribution in [-0.2, 0) is 6.18 Å². The van der Waals surface area contributed by atoms with Gasteiger partial charge in [-0.3, -0.25) is 9.59 Å². The molecule has 42 heavy (non-hydrogen) atoms. The van der Waals surface area contributed by atoms with Gasteiger partial charge < -0.3 is 16.4 Å². The van der Waals surface area contributed by atoms with Gasteiger partial charge in [0.05, 0.1) is 11.6 Å². The van der Waals surface area contributed by atoms with Gasteiger partial charge in [-0.25, -0.2) is 13.3 Å². The number of pyridine rings is 1. The average Bonchev–Trinajstić information content (AvgIpc) is 3.47. The Balaban J connectivity index is 1.51. The Labute approximate surface area is 237 Å². The van der Waals surface area contributed by atoms with Crippen molar-refractivity contribution in [3.05, 3.63) is 111 Å². The van der Waals surface area contributed by atoms with Crippen LogP contribution in [0.4, 0.5) is 33.6 Å². The molecule has 0 bridgehead atoms. The van der Waals surface area contributed by atoms with Crippen molar-refractivity contribution < 1.29 is 31.5 Å². The number of rotatable bonds is 4. The lowest BCUT2D eigenvalue weighted by atomic mass is 9.93. The van der Waals surface area contributed by atoms with Crippen LogP contribution in [0.1, 0.15) is 43.4 Å². The van der Waals surface area contributed by atoms with Crippen molar-refractivity contribution in [1.29, 1.82) is 0 Å². The SMILES string of the molecule is Nc1nc2ccc(-c3cc(NC(=O)c4cc(F)cc(C(F)(F)F)c4)c4c(c3)C(=O)NC4c3cc(F)ccc3Cl)cn2n1. The number of nitrogens with two attached hydrogens (primary N) is 1. The number of benzene rings is 3. The van der Waals surface area contributed by atoms with Crippen LogP contribution < -0.4 is 16.4 Å². The Morgan fingerprint density at radius 1 is 1.00 bits per heavy atom. The zero-order valence-electron chi connectivity index (χ0n) is 20.9. The summed E-state index contributed by atoms with van der Waals surface area (Å²) in [5.41, 5.74) is 5.49. The number of nitrogen functional groups attached to an aromatic ring is 1. The minimum atomic E-state index is -4.91. The monoisotopic (exact) mass is 598 g/mol. The highest BCUT2D eigenvalue weighted by Gasteiger charge is 2.36. The number of hydrogen-bond donors (Lipinski definition) is 3. The lowest BCUT2D eigenvalue weighted by Gasteiger charge is -2.19. The number of nitrogens with zero attached hydrogens (tertiary/aromatic N) is 3. The van der Waals surface area contributed by atoms with Crippen LogP contribution in [-0.4, -0.2) is 26.4 Å². The molecule has 6 rings (SSSR count). The lowest BCUT2D eigenvalue weighted by molar-refractivity contribution is -0.137. The van der Waals surface area contributed by atoms with E-state index in [-0.39, 0.29) is 39.4 Å². The average molecular weight is 599 g/mol. The summed E-state index contributed by atoms with van der Waals surface area (Å²) in [6.45, 7) is 0. The first-order valence-corrected chi connectivity index (χ1v) is 12.5. The number of fused-ring (bicyclic) bond motifs is 2. The number of carbonyl (C=O) groups is 2. The van der Waals surface area contributed by atoms with E-state index in [4.69, 9.17) is 17.3 Å². The molecule has 1 atom stereocenters. The van der Waals surface area contributed by atoms with Gasteiger partial charge in [0.1, 0.15) is 11.6 Å². The predicted octanol–water partition coefficient (Wildman–Crippen LogP) is 6.01. The number of nitrogens with one attached hydrogen (secondary N) is 2. The van der Waals surface area contributed by atoms with Crippen LogP contribution in [0.3, 0.4) is 0 Å².